The van der Waals surface area contributed by atoms with E-state index in [-0.39, 0.29) is 11.9 Å². The Morgan fingerprint density at radius 3 is 2.94 bits per heavy atom. The maximum Gasteiger partial charge on any atom is 0.253 e. The molecule has 2 unspecified atom stereocenters. The van der Waals surface area contributed by atoms with E-state index in [1.807, 2.05) is 0 Å². The van der Waals surface area contributed by atoms with E-state index < -0.39 is 0 Å². The Bertz CT molecular complexity index is 451. The lowest BCUT2D eigenvalue weighted by molar-refractivity contribution is 0.0926. The normalized spacial score (nSPS) is 23.7. The number of piperidine rings is 1. The monoisotopic (exact) mass is 286 g/mol. The van der Waals surface area contributed by atoms with Crippen LogP contribution in [-0.4, -0.2) is 24.5 Å². The molecule has 98 valence electrons. The molecule has 5 heteroatoms. The van der Waals surface area contributed by atoms with Crippen LogP contribution in [0.15, 0.2) is 18.2 Å². The molecule has 0 bridgehead atoms. The summed E-state index contributed by atoms with van der Waals surface area (Å²) in [6.07, 6.45) is 1.87. The standard InChI is InChI=1S/C13H16Cl2N2O/c1-8-6-10(4-5-16-8)17-13(18)11-7-9(14)2-3-12(11)15/h2-3,7-8,10,16H,4-6H2,1H3,(H,17,18). The van der Waals surface area contributed by atoms with Crippen LogP contribution in [0.1, 0.15) is 30.1 Å². The fourth-order valence-electron chi connectivity index (χ4n) is 2.20. The van der Waals surface area contributed by atoms with Crippen molar-refractivity contribution in [2.45, 2.75) is 31.8 Å². The molecule has 0 saturated carbocycles. The second-order valence-corrected chi connectivity index (χ2v) is 5.52. The predicted molar refractivity (Wildman–Crippen MR) is 74.4 cm³/mol. The first-order valence-corrected chi connectivity index (χ1v) is 6.81. The van der Waals surface area contributed by atoms with Gasteiger partial charge in [-0.15, -0.1) is 0 Å². The molecule has 1 aromatic carbocycles. The van der Waals surface area contributed by atoms with E-state index in [4.69, 9.17) is 23.2 Å². The summed E-state index contributed by atoms with van der Waals surface area (Å²) >= 11 is 11.9. The Kier molecular flexibility index (Phi) is 4.49. The average molecular weight is 287 g/mol. The number of carbonyl (C=O) groups excluding carboxylic acids is 1. The Morgan fingerprint density at radius 1 is 1.44 bits per heavy atom. The quantitative estimate of drug-likeness (QED) is 0.878. The highest BCUT2D eigenvalue weighted by molar-refractivity contribution is 6.35. The molecular formula is C13H16Cl2N2O. The van der Waals surface area contributed by atoms with Crippen LogP contribution in [0.5, 0.6) is 0 Å². The minimum Gasteiger partial charge on any atom is -0.349 e. The minimum atomic E-state index is -0.151. The van der Waals surface area contributed by atoms with Gasteiger partial charge in [0.15, 0.2) is 0 Å². The summed E-state index contributed by atoms with van der Waals surface area (Å²) in [5.41, 5.74) is 0.440. The SMILES string of the molecule is CC1CC(NC(=O)c2cc(Cl)ccc2Cl)CCN1. The van der Waals surface area contributed by atoms with Crippen LogP contribution < -0.4 is 10.6 Å². The summed E-state index contributed by atoms with van der Waals surface area (Å²) in [6, 6.07) is 5.54. The first kappa shape index (κ1) is 13.7. The fraction of sp³-hybridized carbons (Fsp3) is 0.462. The predicted octanol–water partition coefficient (Wildman–Crippen LogP) is 2.86. The first-order chi connectivity index (χ1) is 8.56. The molecule has 0 spiro atoms. The van der Waals surface area contributed by atoms with Crippen molar-refractivity contribution in [3.05, 3.63) is 33.8 Å². The second kappa shape index (κ2) is 5.91. The highest BCUT2D eigenvalue weighted by atomic mass is 35.5. The van der Waals surface area contributed by atoms with Gasteiger partial charge < -0.3 is 10.6 Å². The molecule has 0 aromatic heterocycles. The summed E-state index contributed by atoms with van der Waals surface area (Å²) in [7, 11) is 0. The van der Waals surface area contributed by atoms with E-state index in [0.717, 1.165) is 19.4 Å². The highest BCUT2D eigenvalue weighted by Crippen LogP contribution is 2.21. The van der Waals surface area contributed by atoms with Crippen LogP contribution in [0.25, 0.3) is 0 Å². The molecule has 3 nitrogen and oxygen atoms in total. The van der Waals surface area contributed by atoms with E-state index >= 15 is 0 Å². The zero-order valence-electron chi connectivity index (χ0n) is 10.2. The van der Waals surface area contributed by atoms with E-state index in [9.17, 15) is 4.79 Å². The molecule has 1 fully saturated rings. The van der Waals surface area contributed by atoms with Gasteiger partial charge in [0, 0.05) is 17.1 Å². The Hall–Kier alpha value is -0.770. The molecule has 0 aliphatic carbocycles. The molecule has 1 aliphatic heterocycles. The summed E-state index contributed by atoms with van der Waals surface area (Å²) in [4.78, 5) is 12.1. The van der Waals surface area contributed by atoms with Crippen molar-refractivity contribution in [3.8, 4) is 0 Å². The zero-order chi connectivity index (χ0) is 13.1. The summed E-state index contributed by atoms with van der Waals surface area (Å²) in [5, 5.41) is 7.30. The molecule has 1 aromatic rings. The van der Waals surface area contributed by atoms with Gasteiger partial charge in [0.1, 0.15) is 0 Å². The Balaban J connectivity index is 2.05. The molecule has 2 atom stereocenters. The molecule has 1 aliphatic rings. The number of benzene rings is 1. The zero-order valence-corrected chi connectivity index (χ0v) is 11.7. The number of hydrogen-bond donors (Lipinski definition) is 2. The summed E-state index contributed by atoms with van der Waals surface area (Å²) in [5.74, 6) is -0.151. The summed E-state index contributed by atoms with van der Waals surface area (Å²) < 4.78 is 0. The van der Waals surface area contributed by atoms with Crippen molar-refractivity contribution in [2.24, 2.45) is 0 Å². The maximum atomic E-state index is 12.1. The van der Waals surface area contributed by atoms with Gasteiger partial charge in [0.2, 0.25) is 0 Å². The lowest BCUT2D eigenvalue weighted by Crippen LogP contribution is -2.46. The third kappa shape index (κ3) is 3.37. The van der Waals surface area contributed by atoms with Gasteiger partial charge in [-0.3, -0.25) is 4.79 Å². The number of nitrogens with one attached hydrogen (secondary N) is 2. The van der Waals surface area contributed by atoms with Crippen LogP contribution >= 0.6 is 23.2 Å². The van der Waals surface area contributed by atoms with Crippen LogP contribution in [0.2, 0.25) is 10.0 Å². The lowest BCUT2D eigenvalue weighted by atomic mass is 10.0. The molecule has 2 rings (SSSR count). The molecule has 0 radical (unpaired) electrons. The van der Waals surface area contributed by atoms with E-state index in [0.29, 0.717) is 21.7 Å². The number of amides is 1. The fourth-order valence-corrected chi connectivity index (χ4v) is 2.57. The van der Waals surface area contributed by atoms with Crippen molar-refractivity contribution in [3.63, 3.8) is 0 Å². The van der Waals surface area contributed by atoms with E-state index in [1.54, 1.807) is 18.2 Å². The van der Waals surface area contributed by atoms with Crippen LogP contribution in [-0.2, 0) is 0 Å². The molecule has 1 heterocycles. The van der Waals surface area contributed by atoms with Crippen LogP contribution in [0, 0.1) is 0 Å². The van der Waals surface area contributed by atoms with Crippen molar-refractivity contribution >= 4 is 29.1 Å². The topological polar surface area (TPSA) is 41.1 Å². The molecule has 2 N–H and O–H groups in total. The van der Waals surface area contributed by atoms with Crippen LogP contribution in [0.3, 0.4) is 0 Å². The number of hydrogen-bond acceptors (Lipinski definition) is 2. The smallest absolute Gasteiger partial charge is 0.253 e. The maximum absolute atomic E-state index is 12.1. The van der Waals surface area contributed by atoms with Crippen molar-refractivity contribution in [2.75, 3.05) is 6.54 Å². The molecule has 1 saturated heterocycles. The number of rotatable bonds is 2. The minimum absolute atomic E-state index is 0.151. The van der Waals surface area contributed by atoms with Gasteiger partial charge in [-0.1, -0.05) is 23.2 Å². The van der Waals surface area contributed by atoms with E-state index in [2.05, 4.69) is 17.6 Å². The first-order valence-electron chi connectivity index (χ1n) is 6.05. The van der Waals surface area contributed by atoms with Crippen molar-refractivity contribution < 1.29 is 4.79 Å². The second-order valence-electron chi connectivity index (χ2n) is 4.67. The van der Waals surface area contributed by atoms with Gasteiger partial charge in [0.25, 0.3) is 5.91 Å². The summed E-state index contributed by atoms with van der Waals surface area (Å²) in [6.45, 7) is 3.04. The Morgan fingerprint density at radius 2 is 2.22 bits per heavy atom. The van der Waals surface area contributed by atoms with Crippen LogP contribution in [0.4, 0.5) is 0 Å². The third-order valence-electron chi connectivity index (χ3n) is 3.13. The molecular weight excluding hydrogens is 271 g/mol. The van der Waals surface area contributed by atoms with Gasteiger partial charge in [-0.05, 0) is 44.5 Å². The third-order valence-corrected chi connectivity index (χ3v) is 3.70. The van der Waals surface area contributed by atoms with Gasteiger partial charge in [-0.2, -0.15) is 0 Å². The molecule has 1 amide bonds. The Labute approximate surface area is 117 Å². The van der Waals surface area contributed by atoms with Crippen molar-refractivity contribution in [1.82, 2.24) is 10.6 Å². The average Bonchev–Trinajstić information content (AvgIpc) is 2.32. The van der Waals surface area contributed by atoms with E-state index in [1.165, 1.54) is 0 Å². The highest BCUT2D eigenvalue weighted by Gasteiger charge is 2.21. The number of halogens is 2. The molecule has 18 heavy (non-hydrogen) atoms. The lowest BCUT2D eigenvalue weighted by Gasteiger charge is -2.28. The number of carbonyl (C=O) groups is 1. The van der Waals surface area contributed by atoms with Gasteiger partial charge in [-0.25, -0.2) is 0 Å². The van der Waals surface area contributed by atoms with Crippen molar-refractivity contribution in [1.29, 1.82) is 0 Å². The largest absolute Gasteiger partial charge is 0.349 e. The van der Waals surface area contributed by atoms with Gasteiger partial charge in [0.05, 0.1) is 10.6 Å². The van der Waals surface area contributed by atoms with Gasteiger partial charge >= 0.3 is 0 Å².